The van der Waals surface area contributed by atoms with E-state index in [-0.39, 0.29) is 5.82 Å². The van der Waals surface area contributed by atoms with E-state index in [1.165, 1.54) is 19.3 Å². The van der Waals surface area contributed by atoms with Crippen molar-refractivity contribution in [3.05, 3.63) is 34.1 Å². The van der Waals surface area contributed by atoms with Crippen LogP contribution in [0.25, 0.3) is 0 Å². The summed E-state index contributed by atoms with van der Waals surface area (Å²) in [7, 11) is 0. The molecule has 0 heterocycles. The van der Waals surface area contributed by atoms with Gasteiger partial charge in [0.05, 0.1) is 0 Å². The highest BCUT2D eigenvalue weighted by Gasteiger charge is 2.64. The van der Waals surface area contributed by atoms with Gasteiger partial charge in [0.2, 0.25) is 0 Å². The van der Waals surface area contributed by atoms with Crippen molar-refractivity contribution in [2.75, 3.05) is 0 Å². The van der Waals surface area contributed by atoms with Crippen LogP contribution in [0.3, 0.4) is 0 Å². The van der Waals surface area contributed by atoms with Gasteiger partial charge in [0.25, 0.3) is 0 Å². The Kier molecular flexibility index (Phi) is 2.56. The third-order valence-electron chi connectivity index (χ3n) is 5.27. The summed E-state index contributed by atoms with van der Waals surface area (Å²) < 4.78 is 14.6. The largest absolute Gasteiger partial charge is 0.309 e. The fourth-order valence-corrected chi connectivity index (χ4v) is 4.91. The van der Waals surface area contributed by atoms with Gasteiger partial charge in [-0.05, 0) is 61.1 Å². The molecule has 3 aliphatic rings. The normalized spacial score (nSPS) is 40.0. The molecule has 0 aromatic heterocycles. The first-order valence-electron chi connectivity index (χ1n) is 6.91. The molecule has 18 heavy (non-hydrogen) atoms. The summed E-state index contributed by atoms with van der Waals surface area (Å²) in [5.41, 5.74) is 0.779. The predicted octanol–water partition coefficient (Wildman–Crippen LogP) is 3.72. The van der Waals surface area contributed by atoms with E-state index in [4.69, 9.17) is 0 Å². The van der Waals surface area contributed by atoms with Crippen LogP contribution < -0.4 is 5.32 Å². The molecule has 3 aliphatic carbocycles. The lowest BCUT2D eigenvalue weighted by molar-refractivity contribution is 0.456. The van der Waals surface area contributed by atoms with Crippen LogP contribution in [0.15, 0.2) is 22.7 Å². The number of hydrogen-bond acceptors (Lipinski definition) is 1. The zero-order valence-electron chi connectivity index (χ0n) is 10.2. The summed E-state index contributed by atoms with van der Waals surface area (Å²) in [5.74, 6) is 3.69. The van der Waals surface area contributed by atoms with Crippen LogP contribution in [-0.4, -0.2) is 6.04 Å². The standard InChI is InChI=1S/C15H17BrFN/c16-11-3-4-12(17)10(6-11)7-18-15-13-8-1-2-9(5-8)14(13)15/h3-4,6,8-9,13-15,18H,1-2,5,7H2. The average molecular weight is 310 g/mol. The van der Waals surface area contributed by atoms with E-state index < -0.39 is 0 Å². The van der Waals surface area contributed by atoms with Gasteiger partial charge in [-0.2, -0.15) is 0 Å². The number of halogens is 2. The summed E-state index contributed by atoms with van der Waals surface area (Å²) in [6.07, 6.45) is 4.35. The van der Waals surface area contributed by atoms with Crippen LogP contribution >= 0.6 is 15.9 Å². The van der Waals surface area contributed by atoms with Gasteiger partial charge in [-0.25, -0.2) is 4.39 Å². The maximum atomic E-state index is 13.6. The van der Waals surface area contributed by atoms with Gasteiger partial charge in [-0.15, -0.1) is 0 Å². The van der Waals surface area contributed by atoms with E-state index in [9.17, 15) is 4.39 Å². The second-order valence-corrected chi connectivity index (χ2v) is 7.05. The van der Waals surface area contributed by atoms with E-state index in [1.807, 2.05) is 6.07 Å². The van der Waals surface area contributed by atoms with E-state index in [0.29, 0.717) is 12.6 Å². The SMILES string of the molecule is Fc1ccc(Br)cc1CNC1C2C3CCC(C3)C12. The van der Waals surface area contributed by atoms with E-state index in [0.717, 1.165) is 33.7 Å². The molecule has 1 aromatic carbocycles. The fraction of sp³-hybridized carbons (Fsp3) is 0.600. The van der Waals surface area contributed by atoms with Gasteiger partial charge in [0, 0.05) is 22.6 Å². The Balaban J connectivity index is 1.41. The zero-order chi connectivity index (χ0) is 12.3. The molecule has 3 heteroatoms. The second kappa shape index (κ2) is 4.04. The van der Waals surface area contributed by atoms with Crippen LogP contribution in [0.2, 0.25) is 0 Å². The van der Waals surface area contributed by atoms with Crippen LogP contribution in [-0.2, 0) is 6.54 Å². The molecule has 2 bridgehead atoms. The minimum Gasteiger partial charge on any atom is -0.309 e. The van der Waals surface area contributed by atoms with Gasteiger partial charge in [-0.1, -0.05) is 15.9 Å². The lowest BCUT2D eigenvalue weighted by Crippen LogP contribution is -2.23. The van der Waals surface area contributed by atoms with Crippen molar-refractivity contribution in [3.8, 4) is 0 Å². The first-order chi connectivity index (χ1) is 8.74. The number of hydrogen-bond donors (Lipinski definition) is 1. The van der Waals surface area contributed by atoms with Crippen LogP contribution in [0, 0.1) is 29.5 Å². The number of rotatable bonds is 3. The van der Waals surface area contributed by atoms with Crippen molar-refractivity contribution in [2.24, 2.45) is 23.7 Å². The summed E-state index contributed by atoms with van der Waals surface area (Å²) >= 11 is 3.40. The summed E-state index contributed by atoms with van der Waals surface area (Å²) in [5, 5.41) is 3.58. The minimum atomic E-state index is -0.0977. The molecule has 0 spiro atoms. The van der Waals surface area contributed by atoms with Crippen LogP contribution in [0.4, 0.5) is 4.39 Å². The third-order valence-corrected chi connectivity index (χ3v) is 5.76. The maximum Gasteiger partial charge on any atom is 0.127 e. The molecular formula is C15H17BrFN. The first kappa shape index (κ1) is 11.4. The highest BCUT2D eigenvalue weighted by Crippen LogP contribution is 2.65. The minimum absolute atomic E-state index is 0.0977. The molecule has 1 aromatic rings. The molecular weight excluding hydrogens is 293 g/mol. The fourth-order valence-electron chi connectivity index (χ4n) is 4.50. The van der Waals surface area contributed by atoms with Crippen molar-refractivity contribution >= 4 is 15.9 Å². The molecule has 3 saturated carbocycles. The van der Waals surface area contributed by atoms with Gasteiger partial charge < -0.3 is 5.32 Å². The second-order valence-electron chi connectivity index (χ2n) is 6.13. The summed E-state index contributed by atoms with van der Waals surface area (Å²) in [6, 6.07) is 5.85. The topological polar surface area (TPSA) is 12.0 Å². The molecule has 96 valence electrons. The molecule has 0 radical (unpaired) electrons. The highest BCUT2D eigenvalue weighted by atomic mass is 79.9. The van der Waals surface area contributed by atoms with Gasteiger partial charge in [0.1, 0.15) is 5.82 Å². The lowest BCUT2D eigenvalue weighted by atomic mass is 10.0. The van der Waals surface area contributed by atoms with Crippen molar-refractivity contribution in [1.29, 1.82) is 0 Å². The molecule has 1 N–H and O–H groups in total. The van der Waals surface area contributed by atoms with Gasteiger partial charge in [-0.3, -0.25) is 0 Å². The third kappa shape index (κ3) is 1.67. The molecule has 0 aliphatic heterocycles. The summed E-state index contributed by atoms with van der Waals surface area (Å²) in [6.45, 7) is 0.669. The summed E-state index contributed by atoms with van der Waals surface area (Å²) in [4.78, 5) is 0. The number of benzene rings is 1. The molecule has 4 atom stereocenters. The van der Waals surface area contributed by atoms with Crippen molar-refractivity contribution in [3.63, 3.8) is 0 Å². The number of nitrogens with one attached hydrogen (secondary N) is 1. The van der Waals surface area contributed by atoms with Crippen molar-refractivity contribution in [2.45, 2.75) is 31.8 Å². The van der Waals surface area contributed by atoms with E-state index >= 15 is 0 Å². The lowest BCUT2D eigenvalue weighted by Gasteiger charge is -2.11. The first-order valence-corrected chi connectivity index (χ1v) is 7.70. The van der Waals surface area contributed by atoms with Gasteiger partial charge in [0.15, 0.2) is 0 Å². The molecule has 3 fully saturated rings. The quantitative estimate of drug-likeness (QED) is 0.897. The Morgan fingerprint density at radius 3 is 2.67 bits per heavy atom. The monoisotopic (exact) mass is 309 g/mol. The Labute approximate surface area is 115 Å². The van der Waals surface area contributed by atoms with Crippen molar-refractivity contribution in [1.82, 2.24) is 5.32 Å². The van der Waals surface area contributed by atoms with Crippen molar-refractivity contribution < 1.29 is 4.39 Å². The van der Waals surface area contributed by atoms with E-state index in [2.05, 4.69) is 21.2 Å². The Morgan fingerprint density at radius 1 is 1.22 bits per heavy atom. The molecule has 0 amide bonds. The van der Waals surface area contributed by atoms with Crippen LogP contribution in [0.1, 0.15) is 24.8 Å². The highest BCUT2D eigenvalue weighted by molar-refractivity contribution is 9.10. The predicted molar refractivity (Wildman–Crippen MR) is 72.5 cm³/mol. The van der Waals surface area contributed by atoms with E-state index in [1.54, 1.807) is 12.1 Å². The maximum absolute atomic E-state index is 13.6. The zero-order valence-corrected chi connectivity index (χ0v) is 11.8. The smallest absolute Gasteiger partial charge is 0.127 e. The molecule has 4 rings (SSSR count). The van der Waals surface area contributed by atoms with Gasteiger partial charge >= 0.3 is 0 Å². The molecule has 4 unspecified atom stereocenters. The molecule has 1 nitrogen and oxygen atoms in total. The van der Waals surface area contributed by atoms with Crippen LogP contribution in [0.5, 0.6) is 0 Å². The Morgan fingerprint density at radius 2 is 1.94 bits per heavy atom. The average Bonchev–Trinajstić information content (AvgIpc) is 2.76. The Hall–Kier alpha value is -0.410. The Bertz CT molecular complexity index is 473. The molecule has 0 saturated heterocycles. The number of fused-ring (bicyclic) bond motifs is 5.